The molecule has 0 aliphatic carbocycles. The molecule has 1 aliphatic rings. The summed E-state index contributed by atoms with van der Waals surface area (Å²) in [6.45, 7) is 7.98. The minimum Gasteiger partial charge on any atom is -0.310 e. The van der Waals surface area contributed by atoms with Gasteiger partial charge in [0, 0.05) is 18.7 Å². The quantitative estimate of drug-likeness (QED) is 0.917. The predicted octanol–water partition coefficient (Wildman–Crippen LogP) is 3.28. The highest BCUT2D eigenvalue weighted by Gasteiger charge is 2.30. The third-order valence-corrected chi connectivity index (χ3v) is 4.83. The second-order valence-electron chi connectivity index (χ2n) is 6.81. The summed E-state index contributed by atoms with van der Waals surface area (Å²) in [4.78, 5) is 14.9. The monoisotopic (exact) mass is 326 g/mol. The van der Waals surface area contributed by atoms with Gasteiger partial charge in [-0.05, 0) is 45.2 Å². The van der Waals surface area contributed by atoms with E-state index in [-0.39, 0.29) is 18.0 Å². The number of amides is 1. The van der Waals surface area contributed by atoms with Crippen molar-refractivity contribution in [3.63, 3.8) is 0 Å². The van der Waals surface area contributed by atoms with Crippen molar-refractivity contribution in [3.8, 4) is 0 Å². The van der Waals surface area contributed by atoms with E-state index in [0.29, 0.717) is 5.92 Å². The maximum absolute atomic E-state index is 12.6. The van der Waals surface area contributed by atoms with Crippen LogP contribution in [0.1, 0.15) is 44.7 Å². The van der Waals surface area contributed by atoms with Gasteiger partial charge in [0.25, 0.3) is 0 Å². The molecule has 3 rings (SSSR count). The average molecular weight is 326 g/mol. The van der Waals surface area contributed by atoms with Gasteiger partial charge in [0.05, 0.1) is 12.2 Å². The van der Waals surface area contributed by atoms with Gasteiger partial charge in [-0.2, -0.15) is 5.10 Å². The molecular formula is C19H26N4O. The van der Waals surface area contributed by atoms with Gasteiger partial charge >= 0.3 is 0 Å². The van der Waals surface area contributed by atoms with Gasteiger partial charge in [0.2, 0.25) is 5.91 Å². The van der Waals surface area contributed by atoms with Gasteiger partial charge < -0.3 is 5.32 Å². The molecule has 1 saturated heterocycles. The van der Waals surface area contributed by atoms with Crippen LogP contribution >= 0.6 is 0 Å². The van der Waals surface area contributed by atoms with Crippen LogP contribution in [0.15, 0.2) is 42.6 Å². The fraction of sp³-hybridized carbons (Fsp3) is 0.474. The molecule has 5 nitrogen and oxygen atoms in total. The van der Waals surface area contributed by atoms with Gasteiger partial charge in [0.1, 0.15) is 5.82 Å². The molecule has 24 heavy (non-hydrogen) atoms. The summed E-state index contributed by atoms with van der Waals surface area (Å²) in [7, 11) is 0. The van der Waals surface area contributed by atoms with Crippen LogP contribution in [0.4, 0.5) is 5.82 Å². The van der Waals surface area contributed by atoms with Crippen molar-refractivity contribution >= 4 is 11.7 Å². The Labute approximate surface area is 143 Å². The molecule has 0 spiro atoms. The number of rotatable bonds is 5. The van der Waals surface area contributed by atoms with E-state index in [2.05, 4.69) is 53.4 Å². The van der Waals surface area contributed by atoms with E-state index >= 15 is 0 Å². The van der Waals surface area contributed by atoms with E-state index in [1.807, 2.05) is 23.7 Å². The Bertz CT molecular complexity index is 680. The molecule has 2 heterocycles. The number of anilines is 1. The number of carbonyl (C=O) groups excluding carboxylic acids is 1. The Morgan fingerprint density at radius 1 is 1.21 bits per heavy atom. The first kappa shape index (κ1) is 16.7. The number of hydrogen-bond donors (Lipinski definition) is 1. The zero-order valence-corrected chi connectivity index (χ0v) is 14.6. The molecule has 1 N–H and O–H groups in total. The van der Waals surface area contributed by atoms with E-state index in [9.17, 15) is 4.79 Å². The van der Waals surface area contributed by atoms with Crippen molar-refractivity contribution in [2.24, 2.45) is 0 Å². The molecule has 1 amide bonds. The molecule has 2 atom stereocenters. The highest BCUT2D eigenvalue weighted by Crippen LogP contribution is 2.28. The van der Waals surface area contributed by atoms with Gasteiger partial charge in [-0.15, -0.1) is 0 Å². The first-order valence-electron chi connectivity index (χ1n) is 8.69. The summed E-state index contributed by atoms with van der Waals surface area (Å²) in [5, 5.41) is 7.29. The third kappa shape index (κ3) is 3.51. The first-order chi connectivity index (χ1) is 11.6. The first-order valence-corrected chi connectivity index (χ1v) is 8.69. The lowest BCUT2D eigenvalue weighted by Crippen LogP contribution is -2.41. The molecule has 0 saturated carbocycles. The number of nitrogens with zero attached hydrogens (tertiary/aromatic N) is 3. The second-order valence-corrected chi connectivity index (χ2v) is 6.81. The fourth-order valence-electron chi connectivity index (χ4n) is 3.36. The molecule has 2 aromatic rings. The van der Waals surface area contributed by atoms with Crippen molar-refractivity contribution in [2.45, 2.75) is 45.2 Å². The highest BCUT2D eigenvalue weighted by molar-refractivity contribution is 5.93. The van der Waals surface area contributed by atoms with Gasteiger partial charge in [-0.3, -0.25) is 9.69 Å². The molecule has 0 radical (unpaired) electrons. The fourth-order valence-corrected chi connectivity index (χ4v) is 3.36. The summed E-state index contributed by atoms with van der Waals surface area (Å²) in [5.74, 6) is 1.31. The number of hydrogen-bond acceptors (Lipinski definition) is 3. The summed E-state index contributed by atoms with van der Waals surface area (Å²) in [5.41, 5.74) is 1.37. The summed E-state index contributed by atoms with van der Waals surface area (Å²) < 4.78 is 1.83. The lowest BCUT2D eigenvalue weighted by molar-refractivity contribution is -0.120. The zero-order valence-electron chi connectivity index (χ0n) is 14.6. The molecule has 1 aromatic carbocycles. The van der Waals surface area contributed by atoms with Crippen molar-refractivity contribution in [1.29, 1.82) is 0 Å². The number of likely N-dealkylation sites (tertiary alicyclic amines) is 1. The number of aromatic nitrogens is 2. The van der Waals surface area contributed by atoms with Gasteiger partial charge in [0.15, 0.2) is 0 Å². The summed E-state index contributed by atoms with van der Waals surface area (Å²) in [6.07, 6.45) is 2.83. The lowest BCUT2D eigenvalue weighted by Gasteiger charge is -2.24. The molecule has 0 bridgehead atoms. The minimum atomic E-state index is -0.144. The van der Waals surface area contributed by atoms with Gasteiger partial charge in [-0.1, -0.05) is 30.3 Å². The molecular weight excluding hydrogens is 300 g/mol. The topological polar surface area (TPSA) is 50.2 Å². The van der Waals surface area contributed by atoms with Crippen LogP contribution in [0, 0.1) is 0 Å². The zero-order chi connectivity index (χ0) is 17.1. The van der Waals surface area contributed by atoms with Crippen molar-refractivity contribution in [2.75, 3.05) is 18.4 Å². The van der Waals surface area contributed by atoms with E-state index < -0.39 is 0 Å². The van der Waals surface area contributed by atoms with E-state index in [1.165, 1.54) is 5.56 Å². The van der Waals surface area contributed by atoms with Crippen LogP contribution in [0.2, 0.25) is 0 Å². The van der Waals surface area contributed by atoms with Crippen molar-refractivity contribution in [3.05, 3.63) is 48.2 Å². The van der Waals surface area contributed by atoms with Crippen molar-refractivity contribution < 1.29 is 4.79 Å². The normalized spacial score (nSPS) is 19.6. The summed E-state index contributed by atoms with van der Waals surface area (Å²) in [6, 6.07) is 12.5. The van der Waals surface area contributed by atoms with Crippen molar-refractivity contribution in [1.82, 2.24) is 14.7 Å². The maximum Gasteiger partial charge on any atom is 0.242 e. The van der Waals surface area contributed by atoms with Crippen LogP contribution < -0.4 is 5.32 Å². The highest BCUT2D eigenvalue weighted by atomic mass is 16.2. The number of benzene rings is 1. The number of nitrogens with one attached hydrogen (secondary N) is 1. The van der Waals surface area contributed by atoms with Gasteiger partial charge in [-0.25, -0.2) is 4.68 Å². The standard InChI is InChI=1S/C19H26N4O/c1-14(2)23-18(9-11-20-23)21-19(24)15(3)22-12-10-17(13-22)16-7-5-4-6-8-16/h4-9,11,14-15,17H,10,12-13H2,1-3H3,(H,21,24)/t15-,17-/m0/s1. The largest absolute Gasteiger partial charge is 0.310 e. The van der Waals surface area contributed by atoms with E-state index in [1.54, 1.807) is 6.20 Å². The molecule has 1 fully saturated rings. The SMILES string of the molecule is CC(C)n1nccc1NC(=O)[C@H](C)N1CC[C@H](c2ccccc2)C1. The second kappa shape index (κ2) is 7.18. The van der Waals surface area contributed by atoms with Crippen LogP contribution in [0.5, 0.6) is 0 Å². The van der Waals surface area contributed by atoms with Crippen LogP contribution in [0.25, 0.3) is 0 Å². The molecule has 1 aromatic heterocycles. The summed E-state index contributed by atoms with van der Waals surface area (Å²) >= 11 is 0. The average Bonchev–Trinajstić information content (AvgIpc) is 3.24. The number of carbonyl (C=O) groups is 1. The Morgan fingerprint density at radius 3 is 2.67 bits per heavy atom. The Morgan fingerprint density at radius 2 is 1.96 bits per heavy atom. The third-order valence-electron chi connectivity index (χ3n) is 4.83. The molecule has 0 unspecified atom stereocenters. The minimum absolute atomic E-state index is 0.0334. The molecule has 128 valence electrons. The van der Waals surface area contributed by atoms with E-state index in [4.69, 9.17) is 0 Å². The smallest absolute Gasteiger partial charge is 0.242 e. The molecule has 1 aliphatic heterocycles. The Hall–Kier alpha value is -2.14. The van der Waals surface area contributed by atoms with Crippen LogP contribution in [-0.4, -0.2) is 39.7 Å². The Kier molecular flexibility index (Phi) is 5.00. The van der Waals surface area contributed by atoms with E-state index in [0.717, 1.165) is 25.3 Å². The predicted molar refractivity (Wildman–Crippen MR) is 96.1 cm³/mol. The Balaban J connectivity index is 1.61. The molecule has 5 heteroatoms. The lowest BCUT2D eigenvalue weighted by atomic mass is 9.99. The maximum atomic E-state index is 12.6. The van der Waals surface area contributed by atoms with Crippen LogP contribution in [-0.2, 0) is 4.79 Å². The van der Waals surface area contributed by atoms with Crippen LogP contribution in [0.3, 0.4) is 0 Å².